The first kappa shape index (κ1) is 13.9. The molecule has 2 aromatic heterocycles. The van der Waals surface area contributed by atoms with Crippen LogP contribution in [0, 0.1) is 11.7 Å². The minimum atomic E-state index is -0.248. The average Bonchev–Trinajstić information content (AvgIpc) is 3.25. The van der Waals surface area contributed by atoms with Gasteiger partial charge in [0.15, 0.2) is 0 Å². The van der Waals surface area contributed by atoms with Crippen molar-refractivity contribution in [2.75, 3.05) is 0 Å². The standard InChI is InChI=1S/C18H16FN3O/c19-13-6-4-12(5-7-13)15-9-16(15)18(23)20-10-14-11-22-8-2-1-3-17(22)21-14/h1-8,11,15-16H,9-10H2,(H,20,23)/t15-,16-/m1/s1. The number of benzene rings is 1. The molecule has 1 N–H and O–H groups in total. The van der Waals surface area contributed by atoms with Crippen molar-refractivity contribution >= 4 is 11.6 Å². The molecule has 1 saturated carbocycles. The number of fused-ring (bicyclic) bond motifs is 1. The van der Waals surface area contributed by atoms with Crippen molar-refractivity contribution in [2.24, 2.45) is 5.92 Å². The van der Waals surface area contributed by atoms with E-state index in [-0.39, 0.29) is 23.6 Å². The highest BCUT2D eigenvalue weighted by atomic mass is 19.1. The Bertz CT molecular complexity index is 823. The molecule has 1 amide bonds. The van der Waals surface area contributed by atoms with Crippen LogP contribution in [0.2, 0.25) is 0 Å². The Balaban J connectivity index is 1.36. The Labute approximate surface area is 133 Å². The lowest BCUT2D eigenvalue weighted by molar-refractivity contribution is -0.122. The summed E-state index contributed by atoms with van der Waals surface area (Å²) in [5, 5.41) is 2.94. The SMILES string of the molecule is O=C(NCc1cn2ccccc2n1)[C@@H]1C[C@@H]1c1ccc(F)cc1. The van der Waals surface area contributed by atoms with Gasteiger partial charge in [-0.3, -0.25) is 4.79 Å². The lowest BCUT2D eigenvalue weighted by atomic mass is 10.1. The molecule has 0 aliphatic heterocycles. The van der Waals surface area contributed by atoms with Gasteiger partial charge in [-0.25, -0.2) is 9.37 Å². The summed E-state index contributed by atoms with van der Waals surface area (Å²) < 4.78 is 14.9. The second-order valence-corrected chi connectivity index (χ2v) is 5.92. The number of pyridine rings is 1. The van der Waals surface area contributed by atoms with Gasteiger partial charge in [0.25, 0.3) is 0 Å². The third-order valence-corrected chi connectivity index (χ3v) is 4.28. The van der Waals surface area contributed by atoms with E-state index in [0.717, 1.165) is 23.3 Å². The van der Waals surface area contributed by atoms with Crippen LogP contribution in [-0.2, 0) is 11.3 Å². The third-order valence-electron chi connectivity index (χ3n) is 4.28. The fourth-order valence-electron chi connectivity index (χ4n) is 2.94. The molecule has 0 saturated heterocycles. The second-order valence-electron chi connectivity index (χ2n) is 5.92. The Kier molecular flexibility index (Phi) is 3.33. The number of imidazole rings is 1. The molecule has 2 atom stereocenters. The molecule has 0 radical (unpaired) electrons. The van der Waals surface area contributed by atoms with Crippen molar-refractivity contribution in [1.29, 1.82) is 0 Å². The van der Waals surface area contributed by atoms with Crippen LogP contribution >= 0.6 is 0 Å². The van der Waals surface area contributed by atoms with E-state index in [1.165, 1.54) is 12.1 Å². The molecule has 0 bridgehead atoms. The smallest absolute Gasteiger partial charge is 0.224 e. The summed E-state index contributed by atoms with van der Waals surface area (Å²) in [6, 6.07) is 12.2. The maximum Gasteiger partial charge on any atom is 0.224 e. The molecule has 116 valence electrons. The van der Waals surface area contributed by atoms with E-state index in [0.29, 0.717) is 6.54 Å². The number of rotatable bonds is 4. The molecule has 23 heavy (non-hydrogen) atoms. The predicted octanol–water partition coefficient (Wildman–Crippen LogP) is 2.89. The molecule has 4 nitrogen and oxygen atoms in total. The lowest BCUT2D eigenvalue weighted by Crippen LogP contribution is -2.25. The molecule has 1 aliphatic rings. The summed E-state index contributed by atoms with van der Waals surface area (Å²) in [4.78, 5) is 16.7. The summed E-state index contributed by atoms with van der Waals surface area (Å²) in [6.45, 7) is 0.424. The van der Waals surface area contributed by atoms with E-state index in [1.54, 1.807) is 12.1 Å². The van der Waals surface area contributed by atoms with Crippen LogP contribution in [0.1, 0.15) is 23.6 Å². The first-order valence-corrected chi connectivity index (χ1v) is 7.66. The van der Waals surface area contributed by atoms with E-state index < -0.39 is 0 Å². The highest BCUT2D eigenvalue weighted by Crippen LogP contribution is 2.47. The van der Waals surface area contributed by atoms with Crippen molar-refractivity contribution in [3.8, 4) is 0 Å². The van der Waals surface area contributed by atoms with Gasteiger partial charge < -0.3 is 9.72 Å². The Morgan fingerprint density at radius 1 is 1.26 bits per heavy atom. The van der Waals surface area contributed by atoms with Crippen LogP contribution < -0.4 is 5.32 Å². The fourth-order valence-corrected chi connectivity index (χ4v) is 2.94. The Morgan fingerprint density at radius 3 is 2.87 bits per heavy atom. The molecular weight excluding hydrogens is 293 g/mol. The number of carbonyl (C=O) groups is 1. The Morgan fingerprint density at radius 2 is 2.09 bits per heavy atom. The number of nitrogens with zero attached hydrogens (tertiary/aromatic N) is 2. The lowest BCUT2D eigenvalue weighted by Gasteiger charge is -2.03. The zero-order valence-electron chi connectivity index (χ0n) is 12.4. The van der Waals surface area contributed by atoms with E-state index in [9.17, 15) is 9.18 Å². The minimum absolute atomic E-state index is 0.0162. The summed E-state index contributed by atoms with van der Waals surface area (Å²) in [5.41, 5.74) is 2.73. The number of aromatic nitrogens is 2. The zero-order chi connectivity index (χ0) is 15.8. The predicted molar refractivity (Wildman–Crippen MR) is 84.3 cm³/mol. The van der Waals surface area contributed by atoms with Crippen LogP contribution in [0.25, 0.3) is 5.65 Å². The molecule has 1 aliphatic carbocycles. The molecule has 5 heteroatoms. The van der Waals surface area contributed by atoms with Crippen molar-refractivity contribution < 1.29 is 9.18 Å². The van der Waals surface area contributed by atoms with Crippen LogP contribution in [0.3, 0.4) is 0 Å². The number of halogens is 1. The first-order valence-electron chi connectivity index (χ1n) is 7.66. The third kappa shape index (κ3) is 2.82. The van der Waals surface area contributed by atoms with E-state index >= 15 is 0 Å². The van der Waals surface area contributed by atoms with Gasteiger partial charge >= 0.3 is 0 Å². The van der Waals surface area contributed by atoms with Gasteiger partial charge in [0.1, 0.15) is 11.5 Å². The van der Waals surface area contributed by atoms with E-state index in [2.05, 4.69) is 10.3 Å². The number of carbonyl (C=O) groups excluding carboxylic acids is 1. The molecule has 0 unspecified atom stereocenters. The normalized spacial score (nSPS) is 19.7. The van der Waals surface area contributed by atoms with Gasteiger partial charge in [0.05, 0.1) is 12.2 Å². The van der Waals surface area contributed by atoms with Gasteiger partial charge in [0, 0.05) is 18.3 Å². The number of nitrogens with one attached hydrogen (secondary N) is 1. The number of hydrogen-bond acceptors (Lipinski definition) is 2. The summed E-state index contributed by atoms with van der Waals surface area (Å²) in [5.74, 6) is -0.0206. The van der Waals surface area contributed by atoms with Gasteiger partial charge in [-0.05, 0) is 42.2 Å². The van der Waals surface area contributed by atoms with E-state index in [1.807, 2.05) is 35.0 Å². The minimum Gasteiger partial charge on any atom is -0.350 e. The van der Waals surface area contributed by atoms with Gasteiger partial charge in [-0.15, -0.1) is 0 Å². The van der Waals surface area contributed by atoms with Crippen LogP contribution in [0.15, 0.2) is 54.9 Å². The van der Waals surface area contributed by atoms with Crippen LogP contribution in [0.4, 0.5) is 4.39 Å². The molecule has 2 heterocycles. The number of hydrogen-bond donors (Lipinski definition) is 1. The van der Waals surface area contributed by atoms with Crippen molar-refractivity contribution in [2.45, 2.75) is 18.9 Å². The molecular formula is C18H16FN3O. The van der Waals surface area contributed by atoms with Crippen LogP contribution in [0.5, 0.6) is 0 Å². The quantitative estimate of drug-likeness (QED) is 0.805. The average molecular weight is 309 g/mol. The topological polar surface area (TPSA) is 46.4 Å². The fraction of sp³-hybridized carbons (Fsp3) is 0.222. The van der Waals surface area contributed by atoms with E-state index in [4.69, 9.17) is 0 Å². The highest BCUT2D eigenvalue weighted by molar-refractivity contribution is 5.82. The maximum atomic E-state index is 12.9. The molecule has 3 aromatic rings. The van der Waals surface area contributed by atoms with Gasteiger partial charge in [-0.1, -0.05) is 18.2 Å². The van der Waals surface area contributed by atoms with Gasteiger partial charge in [-0.2, -0.15) is 0 Å². The second kappa shape index (κ2) is 5.50. The summed E-state index contributed by atoms with van der Waals surface area (Å²) in [6.07, 6.45) is 4.67. The highest BCUT2D eigenvalue weighted by Gasteiger charge is 2.43. The molecule has 0 spiro atoms. The monoisotopic (exact) mass is 309 g/mol. The van der Waals surface area contributed by atoms with Gasteiger partial charge in [0.2, 0.25) is 5.91 Å². The maximum absolute atomic E-state index is 12.9. The molecule has 4 rings (SSSR count). The van der Waals surface area contributed by atoms with Crippen molar-refractivity contribution in [3.63, 3.8) is 0 Å². The van der Waals surface area contributed by atoms with Crippen molar-refractivity contribution in [1.82, 2.24) is 14.7 Å². The summed E-state index contributed by atoms with van der Waals surface area (Å²) >= 11 is 0. The first-order chi connectivity index (χ1) is 11.2. The summed E-state index contributed by atoms with van der Waals surface area (Å²) in [7, 11) is 0. The van der Waals surface area contributed by atoms with Crippen LogP contribution in [-0.4, -0.2) is 15.3 Å². The number of amides is 1. The molecule has 1 aromatic carbocycles. The zero-order valence-corrected chi connectivity index (χ0v) is 12.4. The largest absolute Gasteiger partial charge is 0.350 e. The van der Waals surface area contributed by atoms with Crippen molar-refractivity contribution in [3.05, 3.63) is 71.9 Å². The Hall–Kier alpha value is -2.69. The molecule has 1 fully saturated rings.